The van der Waals surface area contributed by atoms with Crippen LogP contribution in [0.15, 0.2) is 48.5 Å². The zero-order valence-electron chi connectivity index (χ0n) is 15.0. The summed E-state index contributed by atoms with van der Waals surface area (Å²) in [4.78, 5) is 14.0. The standard InChI is InChI=1S/C21H25NO3/c1-21(2,12-13-23)22(3)20(24)25-14-19-17-10-6-4-8-15(17)16-9-5-7-11-18(16)19/h4-11,19,23H,12-14H2,1-3H3. The van der Waals surface area contributed by atoms with Gasteiger partial charge in [0.05, 0.1) is 0 Å². The number of ether oxygens (including phenoxy) is 1. The van der Waals surface area contributed by atoms with Crippen LogP contribution in [0.5, 0.6) is 0 Å². The van der Waals surface area contributed by atoms with Gasteiger partial charge in [-0.05, 0) is 42.5 Å². The monoisotopic (exact) mass is 339 g/mol. The fourth-order valence-corrected chi connectivity index (χ4v) is 3.38. The second kappa shape index (κ2) is 6.89. The van der Waals surface area contributed by atoms with E-state index < -0.39 is 5.54 Å². The number of carbonyl (C=O) groups is 1. The molecule has 1 N–H and O–H groups in total. The molecule has 4 nitrogen and oxygen atoms in total. The Morgan fingerprint density at radius 3 is 2.12 bits per heavy atom. The minimum atomic E-state index is -0.447. The Labute approximate surface area is 149 Å². The predicted molar refractivity (Wildman–Crippen MR) is 98.6 cm³/mol. The molecule has 4 heteroatoms. The lowest BCUT2D eigenvalue weighted by Crippen LogP contribution is -2.46. The number of rotatable bonds is 5. The molecule has 25 heavy (non-hydrogen) atoms. The number of amides is 1. The highest BCUT2D eigenvalue weighted by Gasteiger charge is 2.32. The molecule has 2 aromatic carbocycles. The number of fused-ring (bicyclic) bond motifs is 3. The van der Waals surface area contributed by atoms with E-state index in [2.05, 4.69) is 24.3 Å². The van der Waals surface area contributed by atoms with Crippen LogP contribution in [0.25, 0.3) is 11.1 Å². The summed E-state index contributed by atoms with van der Waals surface area (Å²) in [6, 6.07) is 16.6. The van der Waals surface area contributed by atoms with Crippen LogP contribution in [0, 0.1) is 0 Å². The minimum absolute atomic E-state index is 0.0357. The smallest absolute Gasteiger partial charge is 0.409 e. The molecule has 132 valence electrons. The Bertz CT molecular complexity index is 724. The van der Waals surface area contributed by atoms with Crippen molar-refractivity contribution in [1.29, 1.82) is 0 Å². The molecule has 1 amide bonds. The van der Waals surface area contributed by atoms with Gasteiger partial charge in [0.25, 0.3) is 0 Å². The van der Waals surface area contributed by atoms with E-state index in [0.29, 0.717) is 13.0 Å². The van der Waals surface area contributed by atoms with Gasteiger partial charge in [-0.2, -0.15) is 0 Å². The molecule has 0 fully saturated rings. The predicted octanol–water partition coefficient (Wildman–Crippen LogP) is 4.03. The molecule has 2 aromatic rings. The number of nitrogens with zero attached hydrogens (tertiary/aromatic N) is 1. The maximum atomic E-state index is 12.5. The summed E-state index contributed by atoms with van der Waals surface area (Å²) in [5.74, 6) is 0.0608. The minimum Gasteiger partial charge on any atom is -0.448 e. The van der Waals surface area contributed by atoms with Gasteiger partial charge < -0.3 is 14.7 Å². The Kier molecular flexibility index (Phi) is 4.82. The molecule has 0 atom stereocenters. The summed E-state index contributed by atoms with van der Waals surface area (Å²) in [6.07, 6.45) is 0.147. The van der Waals surface area contributed by atoms with E-state index >= 15 is 0 Å². The fourth-order valence-electron chi connectivity index (χ4n) is 3.38. The van der Waals surface area contributed by atoms with Gasteiger partial charge in [-0.15, -0.1) is 0 Å². The molecule has 0 heterocycles. The largest absolute Gasteiger partial charge is 0.448 e. The molecular formula is C21H25NO3. The summed E-state index contributed by atoms with van der Waals surface area (Å²) >= 11 is 0. The molecule has 1 aliphatic rings. The van der Waals surface area contributed by atoms with Gasteiger partial charge >= 0.3 is 6.09 Å². The molecule has 0 radical (unpaired) electrons. The average Bonchev–Trinajstić information content (AvgIpc) is 2.93. The van der Waals surface area contributed by atoms with Gasteiger partial charge in [-0.25, -0.2) is 4.79 Å². The SMILES string of the molecule is CN(C(=O)OCC1c2ccccc2-c2ccccc21)C(C)(C)CCO. The van der Waals surface area contributed by atoms with Crippen LogP contribution in [0.1, 0.15) is 37.3 Å². The quantitative estimate of drug-likeness (QED) is 0.895. The van der Waals surface area contributed by atoms with E-state index in [1.165, 1.54) is 22.3 Å². The Morgan fingerprint density at radius 1 is 1.08 bits per heavy atom. The molecule has 0 saturated carbocycles. The van der Waals surface area contributed by atoms with Crippen molar-refractivity contribution >= 4 is 6.09 Å². The maximum Gasteiger partial charge on any atom is 0.409 e. The van der Waals surface area contributed by atoms with Gasteiger partial charge in [-0.1, -0.05) is 48.5 Å². The lowest BCUT2D eigenvalue weighted by molar-refractivity contribution is 0.0640. The third-order valence-corrected chi connectivity index (χ3v) is 5.24. The van der Waals surface area contributed by atoms with Gasteiger partial charge in [0.1, 0.15) is 6.61 Å². The van der Waals surface area contributed by atoms with E-state index in [0.717, 1.165) is 0 Å². The van der Waals surface area contributed by atoms with E-state index in [-0.39, 0.29) is 18.6 Å². The summed E-state index contributed by atoms with van der Waals surface area (Å²) in [7, 11) is 1.72. The van der Waals surface area contributed by atoms with Crippen molar-refractivity contribution in [2.45, 2.75) is 31.7 Å². The second-order valence-corrected chi connectivity index (χ2v) is 7.15. The highest BCUT2D eigenvalue weighted by Crippen LogP contribution is 2.44. The Hall–Kier alpha value is -2.33. The lowest BCUT2D eigenvalue weighted by Gasteiger charge is -2.34. The van der Waals surface area contributed by atoms with Crippen molar-refractivity contribution in [3.63, 3.8) is 0 Å². The average molecular weight is 339 g/mol. The topological polar surface area (TPSA) is 49.8 Å². The number of aliphatic hydroxyl groups excluding tert-OH is 1. The lowest BCUT2D eigenvalue weighted by atomic mass is 9.98. The van der Waals surface area contributed by atoms with Crippen LogP contribution in [0.4, 0.5) is 4.79 Å². The molecule has 0 unspecified atom stereocenters. The van der Waals surface area contributed by atoms with E-state index in [1.807, 2.05) is 38.1 Å². The van der Waals surface area contributed by atoms with Crippen LogP contribution in [-0.4, -0.2) is 41.9 Å². The first kappa shape index (κ1) is 17.5. The fraction of sp³-hybridized carbons (Fsp3) is 0.381. The van der Waals surface area contributed by atoms with Crippen molar-refractivity contribution < 1.29 is 14.6 Å². The molecule has 0 bridgehead atoms. The van der Waals surface area contributed by atoms with Crippen LogP contribution in [0.3, 0.4) is 0 Å². The van der Waals surface area contributed by atoms with E-state index in [4.69, 9.17) is 4.74 Å². The van der Waals surface area contributed by atoms with Crippen LogP contribution < -0.4 is 0 Å². The van der Waals surface area contributed by atoms with Gasteiger partial charge in [0, 0.05) is 25.1 Å². The summed E-state index contributed by atoms with van der Waals surface area (Å²) < 4.78 is 5.64. The summed E-state index contributed by atoms with van der Waals surface area (Å²) in [6.45, 7) is 4.19. The Morgan fingerprint density at radius 2 is 1.60 bits per heavy atom. The van der Waals surface area contributed by atoms with Crippen molar-refractivity contribution in [3.8, 4) is 11.1 Å². The van der Waals surface area contributed by atoms with E-state index in [1.54, 1.807) is 11.9 Å². The number of aliphatic hydroxyl groups is 1. The number of carbonyl (C=O) groups excluding carboxylic acids is 1. The number of benzene rings is 2. The van der Waals surface area contributed by atoms with Crippen LogP contribution in [-0.2, 0) is 4.74 Å². The van der Waals surface area contributed by atoms with Gasteiger partial charge in [0.15, 0.2) is 0 Å². The third kappa shape index (κ3) is 3.27. The normalized spacial score (nSPS) is 13.3. The first-order chi connectivity index (χ1) is 12.0. The van der Waals surface area contributed by atoms with Crippen LogP contribution >= 0.6 is 0 Å². The summed E-state index contributed by atoms with van der Waals surface area (Å²) in [5.41, 5.74) is 4.39. The van der Waals surface area contributed by atoms with Crippen molar-refractivity contribution in [1.82, 2.24) is 4.90 Å². The molecule has 1 aliphatic carbocycles. The zero-order valence-corrected chi connectivity index (χ0v) is 15.0. The van der Waals surface area contributed by atoms with Gasteiger partial charge in [0.2, 0.25) is 0 Å². The summed E-state index contributed by atoms with van der Waals surface area (Å²) in [5, 5.41) is 9.17. The number of hydrogen-bond donors (Lipinski definition) is 1. The molecule has 0 saturated heterocycles. The zero-order chi connectivity index (χ0) is 18.0. The van der Waals surface area contributed by atoms with Crippen molar-refractivity contribution in [3.05, 3.63) is 59.7 Å². The Balaban J connectivity index is 1.77. The molecule has 0 aromatic heterocycles. The number of hydrogen-bond acceptors (Lipinski definition) is 3. The second-order valence-electron chi connectivity index (χ2n) is 7.15. The van der Waals surface area contributed by atoms with Crippen molar-refractivity contribution in [2.75, 3.05) is 20.3 Å². The van der Waals surface area contributed by atoms with E-state index in [9.17, 15) is 9.90 Å². The first-order valence-electron chi connectivity index (χ1n) is 8.65. The third-order valence-electron chi connectivity index (χ3n) is 5.24. The maximum absolute atomic E-state index is 12.5. The van der Waals surface area contributed by atoms with Gasteiger partial charge in [-0.3, -0.25) is 0 Å². The highest BCUT2D eigenvalue weighted by molar-refractivity contribution is 5.79. The van der Waals surface area contributed by atoms with Crippen LogP contribution in [0.2, 0.25) is 0 Å². The molecular weight excluding hydrogens is 314 g/mol. The molecule has 0 aliphatic heterocycles. The first-order valence-corrected chi connectivity index (χ1v) is 8.65. The molecule has 3 rings (SSSR count). The van der Waals surface area contributed by atoms with Crippen molar-refractivity contribution in [2.24, 2.45) is 0 Å². The molecule has 0 spiro atoms. The highest BCUT2D eigenvalue weighted by atomic mass is 16.6.